The molecular weight excluding hydrogens is 536 g/mol. The van der Waals surface area contributed by atoms with Gasteiger partial charge in [0.05, 0.1) is 12.6 Å². The number of hydrogen-bond donors (Lipinski definition) is 3. The topological polar surface area (TPSA) is 101 Å². The van der Waals surface area contributed by atoms with Gasteiger partial charge in [-0.15, -0.1) is 0 Å². The molecule has 10 heteroatoms. The maximum atomic E-state index is 13.1. The fourth-order valence-corrected chi connectivity index (χ4v) is 3.97. The first kappa shape index (κ1) is 24.3. The van der Waals surface area contributed by atoms with E-state index in [-0.39, 0.29) is 5.69 Å². The van der Waals surface area contributed by atoms with Crippen molar-refractivity contribution in [2.24, 2.45) is 0 Å². The molecule has 3 N–H and O–H groups in total. The Bertz CT molecular complexity index is 1450. The number of rotatable bonds is 5. The zero-order chi connectivity index (χ0) is 25.1. The summed E-state index contributed by atoms with van der Waals surface area (Å²) in [5.74, 6) is -1.69. The Kier molecular flexibility index (Phi) is 7.09. The highest BCUT2D eigenvalue weighted by Crippen LogP contribution is 2.25. The van der Waals surface area contributed by atoms with E-state index in [1.54, 1.807) is 80.8 Å². The number of hydrogen-bond acceptors (Lipinski definition) is 4. The lowest BCUT2D eigenvalue weighted by Crippen LogP contribution is -2.36. The molecule has 0 unspecified atom stereocenters. The highest BCUT2D eigenvalue weighted by Gasteiger charge is 2.22. The molecule has 0 spiro atoms. The average molecular weight is 556 g/mol. The van der Waals surface area contributed by atoms with Gasteiger partial charge in [-0.1, -0.05) is 33.6 Å². The second kappa shape index (κ2) is 10.2. The molecule has 0 aliphatic carbocycles. The average Bonchev–Trinajstić information content (AvgIpc) is 3.19. The fourth-order valence-electron chi connectivity index (χ4n) is 3.42. The summed E-state index contributed by atoms with van der Waals surface area (Å²) in [6.07, 6.45) is 0. The highest BCUT2D eigenvalue weighted by atomic mass is 79.9. The minimum Gasteiger partial charge on any atom is -0.497 e. The van der Waals surface area contributed by atoms with E-state index in [4.69, 9.17) is 16.3 Å². The molecule has 3 aromatic carbocycles. The van der Waals surface area contributed by atoms with Gasteiger partial charge in [0.1, 0.15) is 11.4 Å². The van der Waals surface area contributed by atoms with E-state index in [0.717, 1.165) is 4.47 Å². The van der Waals surface area contributed by atoms with Crippen molar-refractivity contribution in [2.75, 3.05) is 23.2 Å². The van der Waals surface area contributed by atoms with Crippen molar-refractivity contribution in [3.63, 3.8) is 0 Å². The number of ether oxygens (including phenoxy) is 1. The SMILES string of the molecule is COc1ccc(NC(=O)c2cc3cc(Br)ccc3n2NC(=O)C(=O)Nc2cccc(Cl)c2C)cc1. The molecule has 0 fully saturated rings. The molecule has 1 aromatic heterocycles. The number of methoxy groups -OCH3 is 1. The van der Waals surface area contributed by atoms with E-state index in [1.807, 2.05) is 0 Å². The number of carbonyl (C=O) groups excluding carboxylic acids is 3. The van der Waals surface area contributed by atoms with Crippen LogP contribution in [-0.2, 0) is 9.59 Å². The van der Waals surface area contributed by atoms with Crippen LogP contribution in [0, 0.1) is 6.92 Å². The summed E-state index contributed by atoms with van der Waals surface area (Å²) >= 11 is 9.51. The van der Waals surface area contributed by atoms with Gasteiger partial charge in [0, 0.05) is 26.3 Å². The molecule has 4 aromatic rings. The van der Waals surface area contributed by atoms with Gasteiger partial charge in [-0.05, 0) is 73.2 Å². The van der Waals surface area contributed by atoms with Gasteiger partial charge in [0.25, 0.3) is 5.91 Å². The van der Waals surface area contributed by atoms with Crippen LogP contribution >= 0.6 is 27.5 Å². The van der Waals surface area contributed by atoms with Crippen molar-refractivity contribution in [3.8, 4) is 5.75 Å². The maximum Gasteiger partial charge on any atom is 0.328 e. The van der Waals surface area contributed by atoms with Crippen molar-refractivity contribution in [1.82, 2.24) is 4.68 Å². The van der Waals surface area contributed by atoms with Crippen LogP contribution in [0.3, 0.4) is 0 Å². The Labute approximate surface area is 214 Å². The molecule has 0 radical (unpaired) electrons. The Morgan fingerprint density at radius 3 is 2.40 bits per heavy atom. The van der Waals surface area contributed by atoms with Gasteiger partial charge in [-0.3, -0.25) is 19.8 Å². The van der Waals surface area contributed by atoms with Gasteiger partial charge in [0.2, 0.25) is 0 Å². The van der Waals surface area contributed by atoms with Crippen LogP contribution in [0.2, 0.25) is 5.02 Å². The van der Waals surface area contributed by atoms with Gasteiger partial charge in [0.15, 0.2) is 0 Å². The summed E-state index contributed by atoms with van der Waals surface area (Å²) in [4.78, 5) is 38.5. The highest BCUT2D eigenvalue weighted by molar-refractivity contribution is 9.10. The molecule has 3 amide bonds. The van der Waals surface area contributed by atoms with E-state index < -0.39 is 17.7 Å². The van der Waals surface area contributed by atoms with Crippen molar-refractivity contribution < 1.29 is 19.1 Å². The third-order valence-corrected chi connectivity index (χ3v) is 6.18. The first-order valence-electron chi connectivity index (χ1n) is 10.4. The smallest absolute Gasteiger partial charge is 0.328 e. The number of benzene rings is 3. The number of aromatic nitrogens is 1. The quantitative estimate of drug-likeness (QED) is 0.290. The molecule has 0 saturated carbocycles. The van der Waals surface area contributed by atoms with Crippen LogP contribution in [0.1, 0.15) is 16.1 Å². The zero-order valence-corrected chi connectivity index (χ0v) is 21.0. The van der Waals surface area contributed by atoms with Crippen LogP contribution in [0.15, 0.2) is 71.2 Å². The van der Waals surface area contributed by atoms with E-state index in [0.29, 0.717) is 38.6 Å². The summed E-state index contributed by atoms with van der Waals surface area (Å²) in [6.45, 7) is 1.73. The summed E-state index contributed by atoms with van der Waals surface area (Å²) in [7, 11) is 1.55. The molecule has 0 saturated heterocycles. The molecule has 0 bridgehead atoms. The van der Waals surface area contributed by atoms with Crippen molar-refractivity contribution in [1.29, 1.82) is 0 Å². The van der Waals surface area contributed by atoms with Crippen molar-refractivity contribution in [2.45, 2.75) is 6.92 Å². The Morgan fingerprint density at radius 2 is 1.69 bits per heavy atom. The number of carbonyl (C=O) groups is 3. The molecule has 8 nitrogen and oxygen atoms in total. The molecule has 0 aliphatic heterocycles. The predicted octanol–water partition coefficient (Wildman–Crippen LogP) is 5.34. The van der Waals surface area contributed by atoms with Gasteiger partial charge >= 0.3 is 11.8 Å². The summed E-state index contributed by atoms with van der Waals surface area (Å²) in [6, 6.07) is 18.7. The molecular formula is C25H20BrClN4O4. The summed E-state index contributed by atoms with van der Waals surface area (Å²) < 4.78 is 7.22. The van der Waals surface area contributed by atoms with Crippen LogP contribution in [-0.4, -0.2) is 29.5 Å². The third kappa shape index (κ3) is 5.31. The van der Waals surface area contributed by atoms with E-state index in [1.165, 1.54) is 4.68 Å². The van der Waals surface area contributed by atoms with E-state index in [9.17, 15) is 14.4 Å². The minimum absolute atomic E-state index is 0.133. The number of nitrogens with zero attached hydrogens (tertiary/aromatic N) is 1. The second-order valence-corrected chi connectivity index (χ2v) is 8.88. The number of halogens is 2. The van der Waals surface area contributed by atoms with Crippen LogP contribution in [0.5, 0.6) is 5.75 Å². The normalized spacial score (nSPS) is 10.6. The number of anilines is 2. The van der Waals surface area contributed by atoms with Crippen molar-refractivity contribution in [3.05, 3.63) is 87.5 Å². The number of nitrogens with one attached hydrogen (secondary N) is 3. The Hall–Kier alpha value is -3.82. The monoisotopic (exact) mass is 554 g/mol. The number of fused-ring (bicyclic) bond motifs is 1. The van der Waals surface area contributed by atoms with E-state index >= 15 is 0 Å². The lowest BCUT2D eigenvalue weighted by Gasteiger charge is -2.14. The number of amides is 3. The lowest BCUT2D eigenvalue weighted by atomic mass is 10.2. The first-order chi connectivity index (χ1) is 16.8. The third-order valence-electron chi connectivity index (χ3n) is 5.28. The molecule has 0 aliphatic rings. The largest absolute Gasteiger partial charge is 0.497 e. The molecule has 35 heavy (non-hydrogen) atoms. The zero-order valence-electron chi connectivity index (χ0n) is 18.7. The minimum atomic E-state index is -0.955. The molecule has 178 valence electrons. The maximum absolute atomic E-state index is 13.1. The standard InChI is InChI=1S/C25H20BrClN4O4/c1-14-19(27)4-3-5-20(14)29-24(33)25(34)30-31-21-11-6-16(26)12-15(21)13-22(31)23(32)28-17-7-9-18(35-2)10-8-17/h3-13H,1-2H3,(H,28,32)(H,29,33)(H,30,34). The predicted molar refractivity (Wildman–Crippen MR) is 140 cm³/mol. The van der Waals surface area contributed by atoms with Crippen LogP contribution in [0.4, 0.5) is 11.4 Å². The Balaban J connectivity index is 1.62. The van der Waals surface area contributed by atoms with Crippen molar-refractivity contribution >= 4 is 67.5 Å². The summed E-state index contributed by atoms with van der Waals surface area (Å²) in [5, 5.41) is 6.49. The van der Waals surface area contributed by atoms with Crippen LogP contribution < -0.4 is 20.8 Å². The van der Waals surface area contributed by atoms with Gasteiger partial charge in [-0.25, -0.2) is 4.68 Å². The van der Waals surface area contributed by atoms with Crippen LogP contribution in [0.25, 0.3) is 10.9 Å². The van der Waals surface area contributed by atoms with E-state index in [2.05, 4.69) is 32.0 Å². The first-order valence-corrected chi connectivity index (χ1v) is 11.6. The molecule has 0 atom stereocenters. The Morgan fingerprint density at radius 1 is 0.943 bits per heavy atom. The summed E-state index contributed by atoms with van der Waals surface area (Å²) in [5.41, 5.74) is 4.78. The fraction of sp³-hybridized carbons (Fsp3) is 0.0800. The lowest BCUT2D eigenvalue weighted by molar-refractivity contribution is -0.133. The van der Waals surface area contributed by atoms with Gasteiger partial charge in [-0.2, -0.15) is 0 Å². The molecule has 1 heterocycles. The van der Waals surface area contributed by atoms with Gasteiger partial charge < -0.3 is 15.4 Å². The second-order valence-electron chi connectivity index (χ2n) is 7.56. The molecule has 4 rings (SSSR count).